The van der Waals surface area contributed by atoms with Crippen LogP contribution in [0.15, 0.2) is 0 Å². The van der Waals surface area contributed by atoms with Crippen molar-refractivity contribution in [1.29, 1.82) is 0 Å². The standard InChI is InChI=1S/C11H23N3O/c12-9-1-2-11(15-7-9)6-14-5-8-3-10(13)4-8/h8-11,14H,1-7,12-13H2. The van der Waals surface area contributed by atoms with Crippen molar-refractivity contribution in [3.05, 3.63) is 0 Å². The van der Waals surface area contributed by atoms with Crippen LogP contribution in [0.4, 0.5) is 0 Å². The van der Waals surface area contributed by atoms with Gasteiger partial charge < -0.3 is 21.5 Å². The summed E-state index contributed by atoms with van der Waals surface area (Å²) in [5.74, 6) is 0.797. The molecule has 5 N–H and O–H groups in total. The second-order valence-electron chi connectivity index (χ2n) is 5.05. The van der Waals surface area contributed by atoms with E-state index in [4.69, 9.17) is 16.2 Å². The minimum atomic E-state index is 0.255. The lowest BCUT2D eigenvalue weighted by atomic mass is 9.81. The van der Waals surface area contributed by atoms with Crippen LogP contribution in [0.5, 0.6) is 0 Å². The minimum absolute atomic E-state index is 0.255. The molecule has 1 aliphatic carbocycles. The molecule has 2 fully saturated rings. The maximum atomic E-state index is 5.76. The number of ether oxygens (including phenoxy) is 1. The van der Waals surface area contributed by atoms with E-state index in [1.165, 1.54) is 12.8 Å². The fourth-order valence-electron chi connectivity index (χ4n) is 2.39. The molecule has 88 valence electrons. The van der Waals surface area contributed by atoms with E-state index in [1.54, 1.807) is 0 Å². The average Bonchev–Trinajstić information content (AvgIpc) is 2.18. The van der Waals surface area contributed by atoms with Gasteiger partial charge in [0.1, 0.15) is 0 Å². The third-order valence-corrected chi connectivity index (χ3v) is 3.48. The van der Waals surface area contributed by atoms with Crippen molar-refractivity contribution < 1.29 is 4.74 Å². The fraction of sp³-hybridized carbons (Fsp3) is 1.00. The number of hydrogen-bond donors (Lipinski definition) is 3. The van der Waals surface area contributed by atoms with Crippen LogP contribution in [-0.4, -0.2) is 37.9 Å². The molecule has 2 rings (SSSR count). The highest BCUT2D eigenvalue weighted by Gasteiger charge is 2.25. The first kappa shape index (κ1) is 11.3. The van der Waals surface area contributed by atoms with Crippen LogP contribution in [0, 0.1) is 5.92 Å². The van der Waals surface area contributed by atoms with Gasteiger partial charge in [-0.1, -0.05) is 0 Å². The van der Waals surface area contributed by atoms with E-state index in [2.05, 4.69) is 5.32 Å². The van der Waals surface area contributed by atoms with Gasteiger partial charge in [-0.2, -0.15) is 0 Å². The predicted octanol–water partition coefficient (Wildman–Crippen LogP) is -0.180. The van der Waals surface area contributed by atoms with Gasteiger partial charge in [-0.25, -0.2) is 0 Å². The lowest BCUT2D eigenvalue weighted by molar-refractivity contribution is 0.00542. The van der Waals surface area contributed by atoms with Gasteiger partial charge >= 0.3 is 0 Å². The number of rotatable bonds is 4. The zero-order valence-electron chi connectivity index (χ0n) is 9.32. The highest BCUT2D eigenvalue weighted by atomic mass is 16.5. The van der Waals surface area contributed by atoms with Crippen molar-refractivity contribution in [1.82, 2.24) is 5.32 Å². The molecule has 2 unspecified atom stereocenters. The molecule has 1 saturated carbocycles. The molecule has 1 heterocycles. The Kier molecular flexibility index (Phi) is 3.97. The third-order valence-electron chi connectivity index (χ3n) is 3.48. The Morgan fingerprint density at radius 2 is 1.87 bits per heavy atom. The van der Waals surface area contributed by atoms with E-state index in [9.17, 15) is 0 Å². The molecular weight excluding hydrogens is 190 g/mol. The molecule has 0 aromatic heterocycles. The Morgan fingerprint density at radius 1 is 1.07 bits per heavy atom. The maximum Gasteiger partial charge on any atom is 0.0700 e. The molecule has 2 atom stereocenters. The largest absolute Gasteiger partial charge is 0.375 e. The van der Waals surface area contributed by atoms with Gasteiger partial charge in [0.25, 0.3) is 0 Å². The normalized spacial score (nSPS) is 41.2. The highest BCUT2D eigenvalue weighted by Crippen LogP contribution is 2.24. The Bertz CT molecular complexity index is 186. The topological polar surface area (TPSA) is 73.3 Å². The minimum Gasteiger partial charge on any atom is -0.375 e. The molecule has 0 amide bonds. The van der Waals surface area contributed by atoms with E-state index >= 15 is 0 Å². The molecule has 0 aromatic rings. The van der Waals surface area contributed by atoms with Gasteiger partial charge in [0.05, 0.1) is 12.7 Å². The average molecular weight is 213 g/mol. The zero-order chi connectivity index (χ0) is 10.7. The van der Waals surface area contributed by atoms with Crippen molar-refractivity contribution >= 4 is 0 Å². The van der Waals surface area contributed by atoms with Gasteiger partial charge in [0.15, 0.2) is 0 Å². The molecule has 2 aliphatic rings. The van der Waals surface area contributed by atoms with Gasteiger partial charge in [0, 0.05) is 18.6 Å². The lowest BCUT2D eigenvalue weighted by Crippen LogP contribution is -2.44. The fourth-order valence-corrected chi connectivity index (χ4v) is 2.39. The van der Waals surface area contributed by atoms with Crippen molar-refractivity contribution in [2.24, 2.45) is 17.4 Å². The van der Waals surface area contributed by atoms with Crippen molar-refractivity contribution in [3.8, 4) is 0 Å². The van der Waals surface area contributed by atoms with Gasteiger partial charge in [-0.05, 0) is 38.1 Å². The van der Waals surface area contributed by atoms with Crippen LogP contribution in [0.25, 0.3) is 0 Å². The molecule has 0 spiro atoms. The summed E-state index contributed by atoms with van der Waals surface area (Å²) in [5.41, 5.74) is 11.5. The molecule has 4 heteroatoms. The van der Waals surface area contributed by atoms with Gasteiger partial charge in [0.2, 0.25) is 0 Å². The summed E-state index contributed by atoms with van der Waals surface area (Å²) < 4.78 is 5.63. The van der Waals surface area contributed by atoms with Crippen molar-refractivity contribution in [3.63, 3.8) is 0 Å². The molecule has 0 bridgehead atoms. The summed E-state index contributed by atoms with van der Waals surface area (Å²) in [4.78, 5) is 0. The molecule has 0 radical (unpaired) electrons. The van der Waals surface area contributed by atoms with Crippen molar-refractivity contribution in [2.45, 2.75) is 43.9 Å². The Balaban J connectivity index is 1.51. The molecular formula is C11H23N3O. The second-order valence-corrected chi connectivity index (χ2v) is 5.05. The molecule has 4 nitrogen and oxygen atoms in total. The quantitative estimate of drug-likeness (QED) is 0.606. The van der Waals surface area contributed by atoms with E-state index in [1.807, 2.05) is 0 Å². The van der Waals surface area contributed by atoms with Gasteiger partial charge in [-0.3, -0.25) is 0 Å². The van der Waals surface area contributed by atoms with Crippen LogP contribution in [0.3, 0.4) is 0 Å². The van der Waals surface area contributed by atoms with Crippen LogP contribution in [0.2, 0.25) is 0 Å². The predicted molar refractivity (Wildman–Crippen MR) is 60.5 cm³/mol. The maximum absolute atomic E-state index is 5.76. The molecule has 1 aliphatic heterocycles. The van der Waals surface area contributed by atoms with E-state index in [0.717, 1.165) is 38.5 Å². The summed E-state index contributed by atoms with van der Waals surface area (Å²) in [6, 6.07) is 0.714. The lowest BCUT2D eigenvalue weighted by Gasteiger charge is -2.33. The first-order valence-electron chi connectivity index (χ1n) is 6.07. The van der Waals surface area contributed by atoms with Crippen LogP contribution in [-0.2, 0) is 4.74 Å². The van der Waals surface area contributed by atoms with Crippen LogP contribution >= 0.6 is 0 Å². The summed E-state index contributed by atoms with van der Waals surface area (Å²) in [7, 11) is 0. The summed E-state index contributed by atoms with van der Waals surface area (Å²) in [6.45, 7) is 2.79. The zero-order valence-corrected chi connectivity index (χ0v) is 9.32. The number of hydrogen-bond acceptors (Lipinski definition) is 4. The third kappa shape index (κ3) is 3.41. The van der Waals surface area contributed by atoms with E-state index in [0.29, 0.717) is 12.1 Å². The van der Waals surface area contributed by atoms with Gasteiger partial charge in [-0.15, -0.1) is 0 Å². The summed E-state index contributed by atoms with van der Waals surface area (Å²) >= 11 is 0. The molecule has 0 aromatic carbocycles. The highest BCUT2D eigenvalue weighted by molar-refractivity contribution is 4.84. The number of nitrogens with one attached hydrogen (secondary N) is 1. The SMILES string of the molecule is NC1CCC(CNCC2CC(N)C2)OC1. The first-order valence-corrected chi connectivity index (χ1v) is 6.07. The molecule has 1 saturated heterocycles. The molecule has 15 heavy (non-hydrogen) atoms. The van der Waals surface area contributed by atoms with Crippen LogP contribution < -0.4 is 16.8 Å². The summed E-state index contributed by atoms with van der Waals surface area (Å²) in [6.07, 6.45) is 4.93. The number of nitrogens with two attached hydrogens (primary N) is 2. The summed E-state index contributed by atoms with van der Waals surface area (Å²) in [5, 5.41) is 3.47. The smallest absolute Gasteiger partial charge is 0.0700 e. The first-order chi connectivity index (χ1) is 7.24. The van der Waals surface area contributed by atoms with E-state index in [-0.39, 0.29) is 6.04 Å². The Labute approximate surface area is 91.7 Å². The Morgan fingerprint density at radius 3 is 2.47 bits per heavy atom. The monoisotopic (exact) mass is 213 g/mol. The van der Waals surface area contributed by atoms with Crippen molar-refractivity contribution in [2.75, 3.05) is 19.7 Å². The van der Waals surface area contributed by atoms with E-state index < -0.39 is 0 Å². The second kappa shape index (κ2) is 5.25. The Hall–Kier alpha value is -0.160. The van der Waals surface area contributed by atoms with Crippen LogP contribution in [0.1, 0.15) is 25.7 Å².